The Morgan fingerprint density at radius 2 is 2.07 bits per heavy atom. The number of benzene rings is 1. The minimum atomic E-state index is -0.857. The van der Waals surface area contributed by atoms with Crippen LogP contribution in [0.5, 0.6) is 11.5 Å². The van der Waals surface area contributed by atoms with Gasteiger partial charge >= 0.3 is 11.7 Å². The Hall–Kier alpha value is -3.75. The van der Waals surface area contributed by atoms with Crippen LogP contribution in [0.3, 0.4) is 0 Å². The smallest absolute Gasteiger partial charge is 0.337 e. The highest BCUT2D eigenvalue weighted by atomic mass is 16.5. The molecule has 0 fully saturated rings. The summed E-state index contributed by atoms with van der Waals surface area (Å²) in [7, 11) is 0. The highest BCUT2D eigenvalue weighted by Gasteiger charge is 2.36. The minimum absolute atomic E-state index is 0.00303. The van der Waals surface area contributed by atoms with E-state index in [2.05, 4.69) is 21.9 Å². The van der Waals surface area contributed by atoms with Gasteiger partial charge in [-0.25, -0.2) is 9.59 Å². The molecule has 0 radical (unpaired) electrons. The number of H-pyrrole nitrogens is 2. The molecule has 9 heteroatoms. The fourth-order valence-corrected chi connectivity index (χ4v) is 3.28. The lowest BCUT2D eigenvalue weighted by Crippen LogP contribution is -2.35. The molecule has 2 heterocycles. The van der Waals surface area contributed by atoms with E-state index in [9.17, 15) is 19.5 Å². The topological polar surface area (TPSA) is 134 Å². The molecule has 9 nitrogen and oxygen atoms in total. The molecule has 152 valence electrons. The third-order valence-corrected chi connectivity index (χ3v) is 4.44. The van der Waals surface area contributed by atoms with Crippen LogP contribution in [0.2, 0.25) is 0 Å². The SMILES string of the molecule is C=CCOC(=O)C1=C(C)Nc2[nH]c(=O)[nH]c(=O)c2[C@@H]1c1ccc(O)c(OCC)c1. The Bertz CT molecular complexity index is 1110. The number of hydrogen-bond donors (Lipinski definition) is 4. The zero-order valence-corrected chi connectivity index (χ0v) is 16.0. The monoisotopic (exact) mass is 399 g/mol. The van der Waals surface area contributed by atoms with Crippen molar-refractivity contribution in [2.75, 3.05) is 18.5 Å². The highest BCUT2D eigenvalue weighted by Crippen LogP contribution is 2.41. The molecule has 3 rings (SSSR count). The number of hydrogen-bond acceptors (Lipinski definition) is 7. The predicted octanol–water partition coefficient (Wildman–Crippen LogP) is 1.73. The molecule has 1 aliphatic rings. The summed E-state index contributed by atoms with van der Waals surface area (Å²) in [5.74, 6) is -1.17. The van der Waals surface area contributed by atoms with Gasteiger partial charge in [0.1, 0.15) is 12.4 Å². The third kappa shape index (κ3) is 3.79. The van der Waals surface area contributed by atoms with Gasteiger partial charge in [-0.2, -0.15) is 0 Å². The van der Waals surface area contributed by atoms with Crippen LogP contribution < -0.4 is 21.3 Å². The number of aromatic nitrogens is 2. The average molecular weight is 399 g/mol. The molecule has 4 N–H and O–H groups in total. The molecule has 0 unspecified atom stereocenters. The zero-order chi connectivity index (χ0) is 21.1. The van der Waals surface area contributed by atoms with Crippen LogP contribution in [0.25, 0.3) is 0 Å². The van der Waals surface area contributed by atoms with Crippen molar-refractivity contribution in [2.45, 2.75) is 19.8 Å². The first kappa shape index (κ1) is 20.0. The molecule has 29 heavy (non-hydrogen) atoms. The van der Waals surface area contributed by atoms with E-state index >= 15 is 0 Å². The van der Waals surface area contributed by atoms with Crippen molar-refractivity contribution in [1.29, 1.82) is 0 Å². The van der Waals surface area contributed by atoms with Gasteiger partial charge in [-0.1, -0.05) is 18.7 Å². The second-order valence-corrected chi connectivity index (χ2v) is 6.34. The van der Waals surface area contributed by atoms with Crippen molar-refractivity contribution in [3.63, 3.8) is 0 Å². The molecule has 0 spiro atoms. The van der Waals surface area contributed by atoms with E-state index in [1.54, 1.807) is 26.0 Å². The maximum atomic E-state index is 12.8. The van der Waals surface area contributed by atoms with Gasteiger partial charge in [-0.05, 0) is 31.5 Å². The van der Waals surface area contributed by atoms with E-state index in [4.69, 9.17) is 9.47 Å². The van der Waals surface area contributed by atoms with Crippen LogP contribution >= 0.6 is 0 Å². The first-order chi connectivity index (χ1) is 13.9. The first-order valence-electron chi connectivity index (χ1n) is 8.95. The van der Waals surface area contributed by atoms with Crippen molar-refractivity contribution in [2.24, 2.45) is 0 Å². The van der Waals surface area contributed by atoms with E-state index in [0.717, 1.165) is 0 Å². The van der Waals surface area contributed by atoms with E-state index in [1.807, 2.05) is 0 Å². The Balaban J connectivity index is 2.25. The number of fused-ring (bicyclic) bond motifs is 1. The van der Waals surface area contributed by atoms with Gasteiger partial charge in [0.2, 0.25) is 0 Å². The Morgan fingerprint density at radius 3 is 2.76 bits per heavy atom. The number of carbonyl (C=O) groups is 1. The first-order valence-corrected chi connectivity index (χ1v) is 8.95. The molecule has 0 aliphatic carbocycles. The summed E-state index contributed by atoms with van der Waals surface area (Å²) in [6.45, 7) is 7.25. The lowest BCUT2D eigenvalue weighted by atomic mass is 9.82. The number of ether oxygens (including phenoxy) is 2. The standard InChI is InChI=1S/C20H21N3O6/c1-4-8-29-19(26)14-10(3)21-17-16(18(25)23-20(27)22-17)15(14)11-6-7-12(24)13(9-11)28-5-2/h4,6-7,9,15,24H,1,5,8H2,2-3H3,(H3,21,22,23,25,27)/t15-/m1/s1. The van der Waals surface area contributed by atoms with Crippen LogP contribution in [0.1, 0.15) is 30.9 Å². The van der Waals surface area contributed by atoms with Crippen LogP contribution in [0.15, 0.2) is 51.7 Å². The maximum absolute atomic E-state index is 12.8. The van der Waals surface area contributed by atoms with Gasteiger partial charge in [0.15, 0.2) is 11.5 Å². The summed E-state index contributed by atoms with van der Waals surface area (Å²) < 4.78 is 10.7. The molecule has 1 aromatic carbocycles. The van der Waals surface area contributed by atoms with Crippen molar-refractivity contribution < 1.29 is 19.4 Å². The molecule has 0 amide bonds. The van der Waals surface area contributed by atoms with Gasteiger partial charge in [-0.15, -0.1) is 0 Å². The maximum Gasteiger partial charge on any atom is 0.337 e. The van der Waals surface area contributed by atoms with Crippen molar-refractivity contribution >= 4 is 11.8 Å². The Morgan fingerprint density at radius 1 is 1.31 bits per heavy atom. The van der Waals surface area contributed by atoms with Crippen LogP contribution in [-0.4, -0.2) is 34.3 Å². The second kappa shape index (κ2) is 8.09. The molecule has 0 saturated heterocycles. The Labute approximate surface area is 165 Å². The average Bonchev–Trinajstić information content (AvgIpc) is 2.66. The molecular formula is C20H21N3O6. The lowest BCUT2D eigenvalue weighted by molar-refractivity contribution is -0.138. The molecular weight excluding hydrogens is 378 g/mol. The summed E-state index contributed by atoms with van der Waals surface area (Å²) in [6.07, 6.45) is 1.44. The number of nitrogens with one attached hydrogen (secondary N) is 3. The number of phenolic OH excluding ortho intramolecular Hbond substituents is 1. The number of anilines is 1. The number of rotatable bonds is 6. The van der Waals surface area contributed by atoms with Crippen molar-refractivity contribution in [1.82, 2.24) is 9.97 Å². The summed E-state index contributed by atoms with van der Waals surface area (Å²) in [5.41, 5.74) is -0.0424. The van der Waals surface area contributed by atoms with Crippen LogP contribution in [-0.2, 0) is 9.53 Å². The molecule has 0 saturated carbocycles. The molecule has 2 aromatic rings. The summed E-state index contributed by atoms with van der Waals surface area (Å²) >= 11 is 0. The quantitative estimate of drug-likeness (QED) is 0.429. The van der Waals surface area contributed by atoms with Crippen molar-refractivity contribution in [3.05, 3.63) is 74.1 Å². The normalized spacial score (nSPS) is 15.3. The predicted molar refractivity (Wildman–Crippen MR) is 106 cm³/mol. The van der Waals surface area contributed by atoms with E-state index in [0.29, 0.717) is 17.9 Å². The number of allylic oxidation sites excluding steroid dienone is 1. The van der Waals surface area contributed by atoms with Gasteiger partial charge in [0, 0.05) is 5.70 Å². The molecule has 1 atom stereocenters. The number of esters is 1. The molecule has 1 aliphatic heterocycles. The van der Waals surface area contributed by atoms with Crippen LogP contribution in [0, 0.1) is 0 Å². The fourth-order valence-electron chi connectivity index (χ4n) is 3.28. The van der Waals surface area contributed by atoms with E-state index in [1.165, 1.54) is 12.1 Å². The van der Waals surface area contributed by atoms with Crippen molar-refractivity contribution in [3.8, 4) is 11.5 Å². The lowest BCUT2D eigenvalue weighted by Gasteiger charge is -2.29. The summed E-state index contributed by atoms with van der Waals surface area (Å²) in [4.78, 5) is 41.9. The summed E-state index contributed by atoms with van der Waals surface area (Å²) in [6, 6.07) is 4.55. The largest absolute Gasteiger partial charge is 0.504 e. The van der Waals surface area contributed by atoms with E-state index < -0.39 is 23.1 Å². The number of aromatic amines is 2. The van der Waals surface area contributed by atoms with Gasteiger partial charge < -0.3 is 19.9 Å². The fraction of sp³-hybridized carbons (Fsp3) is 0.250. The number of phenols is 1. The van der Waals surface area contributed by atoms with Gasteiger partial charge in [-0.3, -0.25) is 14.8 Å². The minimum Gasteiger partial charge on any atom is -0.504 e. The zero-order valence-electron chi connectivity index (χ0n) is 16.0. The van der Waals surface area contributed by atoms with E-state index in [-0.39, 0.29) is 35.1 Å². The third-order valence-electron chi connectivity index (χ3n) is 4.44. The van der Waals surface area contributed by atoms with Crippen LogP contribution in [0.4, 0.5) is 5.82 Å². The number of carbonyl (C=O) groups excluding carboxylic acids is 1. The highest BCUT2D eigenvalue weighted by molar-refractivity contribution is 5.94. The van der Waals surface area contributed by atoms with Gasteiger partial charge in [0.25, 0.3) is 5.56 Å². The number of aromatic hydroxyl groups is 1. The second-order valence-electron chi connectivity index (χ2n) is 6.34. The summed E-state index contributed by atoms with van der Waals surface area (Å²) in [5, 5.41) is 12.9. The Kier molecular flexibility index (Phi) is 5.58. The van der Waals surface area contributed by atoms with Gasteiger partial charge in [0.05, 0.1) is 23.7 Å². The molecule has 1 aromatic heterocycles. The molecule has 0 bridgehead atoms.